The molecule has 26 heavy (non-hydrogen) atoms. The molecule has 1 aromatic heterocycles. The van der Waals surface area contributed by atoms with Gasteiger partial charge in [-0.25, -0.2) is 9.78 Å². The Balaban J connectivity index is 1.66. The molecule has 1 aliphatic rings. The Labute approximate surface area is 161 Å². The molecule has 0 unspecified atom stereocenters. The molecule has 0 bridgehead atoms. The lowest BCUT2D eigenvalue weighted by molar-refractivity contribution is -0.129. The van der Waals surface area contributed by atoms with Gasteiger partial charge in [0.15, 0.2) is 6.10 Å². The summed E-state index contributed by atoms with van der Waals surface area (Å²) in [5.74, 6) is -0.773. The highest BCUT2D eigenvalue weighted by Gasteiger charge is 2.25. The largest absolute Gasteiger partial charge is 0.448 e. The van der Waals surface area contributed by atoms with Crippen molar-refractivity contribution < 1.29 is 14.3 Å². The van der Waals surface area contributed by atoms with Crippen LogP contribution in [0.2, 0.25) is 5.02 Å². The van der Waals surface area contributed by atoms with Crippen LogP contribution in [0.25, 0.3) is 10.6 Å². The minimum absolute atomic E-state index is 0.197. The maximum absolute atomic E-state index is 12.5. The molecule has 1 saturated carbocycles. The topological polar surface area (TPSA) is 68.3 Å². The molecule has 5 nitrogen and oxygen atoms in total. The van der Waals surface area contributed by atoms with Crippen molar-refractivity contribution in [3.63, 3.8) is 0 Å². The zero-order valence-corrected chi connectivity index (χ0v) is 16.3. The SMILES string of the molecule is Cc1nc(-c2cccc(Cl)c2)sc1C(=O)O[C@H](C)C(=O)NC1CCCC1. The number of benzene rings is 1. The molecule has 0 radical (unpaired) electrons. The summed E-state index contributed by atoms with van der Waals surface area (Å²) >= 11 is 7.26. The van der Waals surface area contributed by atoms with Crippen LogP contribution in [0.4, 0.5) is 0 Å². The monoisotopic (exact) mass is 392 g/mol. The first-order valence-electron chi connectivity index (χ1n) is 8.69. The minimum Gasteiger partial charge on any atom is -0.448 e. The number of amides is 1. The van der Waals surface area contributed by atoms with Crippen molar-refractivity contribution in [1.29, 1.82) is 0 Å². The number of halogens is 1. The first-order valence-corrected chi connectivity index (χ1v) is 9.88. The van der Waals surface area contributed by atoms with Gasteiger partial charge in [-0.1, -0.05) is 36.6 Å². The van der Waals surface area contributed by atoms with E-state index in [2.05, 4.69) is 10.3 Å². The number of nitrogens with one attached hydrogen (secondary N) is 1. The number of carbonyl (C=O) groups excluding carboxylic acids is 2. The lowest BCUT2D eigenvalue weighted by Crippen LogP contribution is -2.40. The number of nitrogens with zero attached hydrogens (tertiary/aromatic N) is 1. The second kappa shape index (κ2) is 8.18. The van der Waals surface area contributed by atoms with Crippen LogP contribution in [-0.4, -0.2) is 29.0 Å². The van der Waals surface area contributed by atoms with Crippen LogP contribution in [0, 0.1) is 6.92 Å². The van der Waals surface area contributed by atoms with Gasteiger partial charge in [-0.05, 0) is 38.8 Å². The molecule has 0 saturated heterocycles. The number of hydrogen-bond acceptors (Lipinski definition) is 5. The van der Waals surface area contributed by atoms with Crippen LogP contribution in [0.5, 0.6) is 0 Å². The fraction of sp³-hybridized carbons (Fsp3) is 0.421. The van der Waals surface area contributed by atoms with Gasteiger partial charge in [-0.2, -0.15) is 0 Å². The van der Waals surface area contributed by atoms with Crippen molar-refractivity contribution >= 4 is 34.8 Å². The average molecular weight is 393 g/mol. The van der Waals surface area contributed by atoms with Crippen LogP contribution in [0.3, 0.4) is 0 Å². The Morgan fingerprint density at radius 3 is 2.77 bits per heavy atom. The van der Waals surface area contributed by atoms with Crippen molar-refractivity contribution in [2.45, 2.75) is 51.7 Å². The van der Waals surface area contributed by atoms with Crippen LogP contribution < -0.4 is 5.32 Å². The summed E-state index contributed by atoms with van der Waals surface area (Å²) in [6, 6.07) is 7.50. The first-order chi connectivity index (χ1) is 12.4. The number of ether oxygens (including phenoxy) is 1. The Hall–Kier alpha value is -1.92. The third-order valence-corrected chi connectivity index (χ3v) is 5.83. The molecular formula is C19H21ClN2O3S. The smallest absolute Gasteiger partial charge is 0.351 e. The highest BCUT2D eigenvalue weighted by molar-refractivity contribution is 7.17. The Morgan fingerprint density at radius 1 is 1.35 bits per heavy atom. The predicted octanol–water partition coefficient (Wildman–Crippen LogP) is 4.38. The number of aromatic nitrogens is 1. The van der Waals surface area contributed by atoms with Crippen LogP contribution in [-0.2, 0) is 9.53 Å². The summed E-state index contributed by atoms with van der Waals surface area (Å²) in [4.78, 5) is 29.5. The van der Waals surface area contributed by atoms with E-state index in [0.717, 1.165) is 31.2 Å². The van der Waals surface area contributed by atoms with Gasteiger partial charge in [0, 0.05) is 16.6 Å². The Kier molecular flexibility index (Phi) is 5.94. The molecule has 0 spiro atoms. The standard InChI is InChI=1S/C19H21ClN2O3S/c1-11-16(26-18(21-11)13-6-5-7-14(20)10-13)19(24)25-12(2)17(23)22-15-8-3-4-9-15/h5-7,10,12,15H,3-4,8-9H2,1-2H3,(H,22,23)/t12-/m1/s1. The molecule has 138 valence electrons. The zero-order valence-electron chi connectivity index (χ0n) is 14.8. The van der Waals surface area contributed by atoms with Gasteiger partial charge >= 0.3 is 5.97 Å². The predicted molar refractivity (Wildman–Crippen MR) is 103 cm³/mol. The number of hydrogen-bond donors (Lipinski definition) is 1. The van der Waals surface area contributed by atoms with Crippen LogP contribution >= 0.6 is 22.9 Å². The fourth-order valence-electron chi connectivity index (χ4n) is 2.99. The molecule has 1 atom stereocenters. The molecule has 1 N–H and O–H groups in total. The van der Waals surface area contributed by atoms with E-state index < -0.39 is 12.1 Å². The van der Waals surface area contributed by atoms with Crippen molar-refractivity contribution in [3.05, 3.63) is 39.9 Å². The van der Waals surface area contributed by atoms with Gasteiger partial charge in [-0.3, -0.25) is 4.79 Å². The average Bonchev–Trinajstić information content (AvgIpc) is 3.24. The highest BCUT2D eigenvalue weighted by Crippen LogP contribution is 2.30. The van der Waals surface area contributed by atoms with Gasteiger partial charge in [0.2, 0.25) is 0 Å². The highest BCUT2D eigenvalue weighted by atomic mass is 35.5. The number of carbonyl (C=O) groups is 2. The van der Waals surface area contributed by atoms with Gasteiger partial charge in [0.05, 0.1) is 5.69 Å². The molecule has 1 aromatic carbocycles. The van der Waals surface area contributed by atoms with E-state index >= 15 is 0 Å². The van der Waals surface area contributed by atoms with Crippen molar-refractivity contribution in [1.82, 2.24) is 10.3 Å². The second-order valence-electron chi connectivity index (χ2n) is 6.48. The van der Waals surface area contributed by atoms with Crippen LogP contribution in [0.1, 0.15) is 48.0 Å². The van der Waals surface area contributed by atoms with E-state index in [4.69, 9.17) is 16.3 Å². The molecule has 3 rings (SSSR count). The summed E-state index contributed by atoms with van der Waals surface area (Å²) in [7, 11) is 0. The van der Waals surface area contributed by atoms with Gasteiger partial charge in [0.1, 0.15) is 9.88 Å². The Morgan fingerprint density at radius 2 is 2.08 bits per heavy atom. The summed E-state index contributed by atoms with van der Waals surface area (Å²) < 4.78 is 5.36. The van der Waals surface area contributed by atoms with Crippen LogP contribution in [0.15, 0.2) is 24.3 Å². The van der Waals surface area contributed by atoms with Crippen molar-refractivity contribution in [2.75, 3.05) is 0 Å². The van der Waals surface area contributed by atoms with Crippen molar-refractivity contribution in [3.8, 4) is 10.6 Å². The van der Waals surface area contributed by atoms with Gasteiger partial charge in [0.25, 0.3) is 5.91 Å². The summed E-state index contributed by atoms with van der Waals surface area (Å²) in [5, 5.41) is 4.25. The zero-order chi connectivity index (χ0) is 18.7. The first kappa shape index (κ1) is 18.9. The number of esters is 1. The molecule has 2 aromatic rings. The fourth-order valence-corrected chi connectivity index (χ4v) is 4.12. The summed E-state index contributed by atoms with van der Waals surface area (Å²) in [6.07, 6.45) is 3.41. The molecule has 1 heterocycles. The maximum Gasteiger partial charge on any atom is 0.351 e. The second-order valence-corrected chi connectivity index (χ2v) is 7.92. The summed E-state index contributed by atoms with van der Waals surface area (Å²) in [5.41, 5.74) is 1.43. The lowest BCUT2D eigenvalue weighted by atomic mass is 10.2. The molecule has 7 heteroatoms. The molecule has 1 aliphatic carbocycles. The van der Waals surface area contributed by atoms with E-state index in [1.807, 2.05) is 12.1 Å². The van der Waals surface area contributed by atoms with E-state index in [0.29, 0.717) is 20.6 Å². The third kappa shape index (κ3) is 4.43. The lowest BCUT2D eigenvalue weighted by Gasteiger charge is -2.16. The third-order valence-electron chi connectivity index (χ3n) is 4.41. The number of aryl methyl sites for hydroxylation is 1. The van der Waals surface area contributed by atoms with Crippen molar-refractivity contribution in [2.24, 2.45) is 0 Å². The molecule has 1 amide bonds. The minimum atomic E-state index is -0.834. The number of rotatable bonds is 5. The van der Waals surface area contributed by atoms with Gasteiger partial charge < -0.3 is 10.1 Å². The normalized spacial score (nSPS) is 15.7. The Bertz CT molecular complexity index is 815. The van der Waals surface area contributed by atoms with Gasteiger partial charge in [-0.15, -0.1) is 11.3 Å². The molecule has 0 aliphatic heterocycles. The number of thiazole rings is 1. The van der Waals surface area contributed by atoms with E-state index in [1.165, 1.54) is 11.3 Å². The van der Waals surface area contributed by atoms with E-state index in [9.17, 15) is 9.59 Å². The molecule has 1 fully saturated rings. The molecular weight excluding hydrogens is 372 g/mol. The quantitative estimate of drug-likeness (QED) is 0.767. The summed E-state index contributed by atoms with van der Waals surface area (Å²) in [6.45, 7) is 3.35. The maximum atomic E-state index is 12.5. The van der Waals surface area contributed by atoms with E-state index in [1.54, 1.807) is 26.0 Å². The van der Waals surface area contributed by atoms with E-state index in [-0.39, 0.29) is 11.9 Å².